The number of ether oxygens (including phenoxy) is 3. The number of rotatable bonds is 8. The molecule has 0 aliphatic rings. The Hall–Kier alpha value is -3.71. The number of fused-ring (bicyclic) bond motifs is 1. The van der Waals surface area contributed by atoms with Crippen molar-refractivity contribution >= 4 is 28.8 Å². The number of methoxy groups -OCH3 is 1. The Balaban J connectivity index is 1.44. The Morgan fingerprint density at radius 2 is 1.97 bits per heavy atom. The second-order valence-corrected chi connectivity index (χ2v) is 7.94. The number of carbonyl (C=O) groups excluding carboxylic acids is 1. The van der Waals surface area contributed by atoms with E-state index in [9.17, 15) is 4.79 Å². The van der Waals surface area contributed by atoms with Crippen LogP contribution in [0.5, 0.6) is 17.2 Å². The third kappa shape index (κ3) is 5.38. The Bertz CT molecular complexity index is 1250. The average molecular weight is 466 g/mol. The molecule has 2 heterocycles. The minimum atomic E-state index is -0.756. The van der Waals surface area contributed by atoms with Crippen molar-refractivity contribution < 1.29 is 19.0 Å². The molecule has 0 saturated carbocycles. The maximum absolute atomic E-state index is 12.7. The molecule has 2 aromatic heterocycles. The molecule has 0 radical (unpaired) electrons. The smallest absolute Gasteiger partial charge is 0.265 e. The third-order valence-electron chi connectivity index (χ3n) is 4.98. The van der Waals surface area contributed by atoms with E-state index in [1.54, 1.807) is 44.4 Å². The van der Waals surface area contributed by atoms with Gasteiger partial charge in [0, 0.05) is 24.1 Å². The van der Waals surface area contributed by atoms with Gasteiger partial charge in [-0.25, -0.2) is 4.98 Å². The minimum Gasteiger partial charge on any atom is -0.493 e. The summed E-state index contributed by atoms with van der Waals surface area (Å²) < 4.78 is 19.0. The SMILES string of the molecule is COc1ccc(NC(=O)C(C)Oc2cc(C)ccc2Cl)cc1OCc1cn2ccccc2n1. The predicted octanol–water partition coefficient (Wildman–Crippen LogP) is 5.29. The number of hydrogen-bond donors (Lipinski definition) is 1. The molecule has 8 heteroatoms. The predicted molar refractivity (Wildman–Crippen MR) is 127 cm³/mol. The number of halogens is 1. The van der Waals surface area contributed by atoms with Crippen LogP contribution in [0.2, 0.25) is 5.02 Å². The van der Waals surface area contributed by atoms with Crippen LogP contribution in [0.1, 0.15) is 18.2 Å². The summed E-state index contributed by atoms with van der Waals surface area (Å²) in [5, 5.41) is 3.30. The summed E-state index contributed by atoms with van der Waals surface area (Å²) in [4.78, 5) is 17.2. The number of aromatic nitrogens is 2. The number of aryl methyl sites for hydroxylation is 1. The van der Waals surface area contributed by atoms with E-state index in [1.165, 1.54) is 0 Å². The Labute approximate surface area is 196 Å². The van der Waals surface area contributed by atoms with Crippen LogP contribution in [0.25, 0.3) is 5.65 Å². The molecule has 0 aliphatic heterocycles. The van der Waals surface area contributed by atoms with Gasteiger partial charge in [-0.3, -0.25) is 4.79 Å². The molecule has 1 unspecified atom stereocenters. The molecule has 4 aromatic rings. The van der Waals surface area contributed by atoms with Gasteiger partial charge in [-0.15, -0.1) is 0 Å². The number of anilines is 1. The second-order valence-electron chi connectivity index (χ2n) is 7.54. The highest BCUT2D eigenvalue weighted by atomic mass is 35.5. The first-order valence-corrected chi connectivity index (χ1v) is 10.8. The standard InChI is InChI=1S/C25H24ClN3O4/c1-16-7-9-20(26)22(12-16)33-17(2)25(30)28-18-8-10-21(31-3)23(13-18)32-15-19-14-29-11-5-4-6-24(29)27-19/h4-14,17H,15H2,1-3H3,(H,28,30). The van der Waals surface area contributed by atoms with Crippen molar-refractivity contribution in [3.05, 3.63) is 83.3 Å². The topological polar surface area (TPSA) is 74.1 Å². The summed E-state index contributed by atoms with van der Waals surface area (Å²) in [6, 6.07) is 16.4. The van der Waals surface area contributed by atoms with Crippen LogP contribution in [0.3, 0.4) is 0 Å². The van der Waals surface area contributed by atoms with Crippen LogP contribution in [0.15, 0.2) is 67.0 Å². The minimum absolute atomic E-state index is 0.251. The highest BCUT2D eigenvalue weighted by molar-refractivity contribution is 6.32. The fraction of sp³-hybridized carbons (Fsp3) is 0.200. The van der Waals surface area contributed by atoms with Crippen molar-refractivity contribution in [1.29, 1.82) is 0 Å². The van der Waals surface area contributed by atoms with E-state index < -0.39 is 6.10 Å². The lowest BCUT2D eigenvalue weighted by Gasteiger charge is -2.17. The molecule has 0 fully saturated rings. The number of nitrogens with zero attached hydrogens (tertiary/aromatic N) is 2. The van der Waals surface area contributed by atoms with Crippen LogP contribution in [0, 0.1) is 6.92 Å². The number of hydrogen-bond acceptors (Lipinski definition) is 5. The molecule has 1 atom stereocenters. The molecule has 0 aliphatic carbocycles. The van der Waals surface area contributed by atoms with Crippen LogP contribution in [-0.2, 0) is 11.4 Å². The summed E-state index contributed by atoms with van der Waals surface area (Å²) in [6.07, 6.45) is 3.08. The van der Waals surface area contributed by atoms with Crippen LogP contribution < -0.4 is 19.5 Å². The van der Waals surface area contributed by atoms with E-state index in [1.807, 2.05) is 48.0 Å². The van der Waals surface area contributed by atoms with Crippen molar-refractivity contribution in [2.45, 2.75) is 26.6 Å². The van der Waals surface area contributed by atoms with Crippen LogP contribution >= 0.6 is 11.6 Å². The van der Waals surface area contributed by atoms with E-state index in [-0.39, 0.29) is 12.5 Å². The first-order chi connectivity index (χ1) is 15.9. The molecule has 0 bridgehead atoms. The Kier molecular flexibility index (Phi) is 6.70. The van der Waals surface area contributed by atoms with Gasteiger partial charge in [-0.1, -0.05) is 23.7 Å². The number of imidazole rings is 1. The largest absolute Gasteiger partial charge is 0.493 e. The molecular weight excluding hydrogens is 442 g/mol. The van der Waals surface area contributed by atoms with Gasteiger partial charge in [0.2, 0.25) is 0 Å². The number of benzene rings is 2. The van der Waals surface area contributed by atoms with Gasteiger partial charge in [0.1, 0.15) is 18.0 Å². The molecule has 1 amide bonds. The number of nitrogens with one attached hydrogen (secondary N) is 1. The maximum Gasteiger partial charge on any atom is 0.265 e. The van der Waals surface area contributed by atoms with Crippen molar-refractivity contribution in [2.24, 2.45) is 0 Å². The molecule has 0 saturated heterocycles. The van der Waals surface area contributed by atoms with Gasteiger partial charge in [0.05, 0.1) is 17.8 Å². The van der Waals surface area contributed by atoms with Gasteiger partial charge in [0.15, 0.2) is 17.6 Å². The van der Waals surface area contributed by atoms with Crippen molar-refractivity contribution in [2.75, 3.05) is 12.4 Å². The van der Waals surface area contributed by atoms with Gasteiger partial charge in [-0.05, 0) is 55.8 Å². The zero-order valence-electron chi connectivity index (χ0n) is 18.5. The Morgan fingerprint density at radius 1 is 1.12 bits per heavy atom. The fourth-order valence-corrected chi connectivity index (χ4v) is 3.43. The molecular formula is C25H24ClN3O4. The summed E-state index contributed by atoms with van der Waals surface area (Å²) in [7, 11) is 1.56. The number of pyridine rings is 1. The van der Waals surface area contributed by atoms with E-state index in [2.05, 4.69) is 10.3 Å². The van der Waals surface area contributed by atoms with Crippen LogP contribution in [0.4, 0.5) is 5.69 Å². The molecule has 33 heavy (non-hydrogen) atoms. The summed E-state index contributed by atoms with van der Waals surface area (Å²) in [5.41, 5.74) is 3.16. The lowest BCUT2D eigenvalue weighted by Crippen LogP contribution is -2.30. The zero-order valence-corrected chi connectivity index (χ0v) is 19.3. The molecule has 4 rings (SSSR count). The average Bonchev–Trinajstić information content (AvgIpc) is 3.23. The third-order valence-corrected chi connectivity index (χ3v) is 5.29. The molecule has 2 aromatic carbocycles. The van der Waals surface area contributed by atoms with Crippen molar-refractivity contribution in [1.82, 2.24) is 9.38 Å². The lowest BCUT2D eigenvalue weighted by molar-refractivity contribution is -0.122. The van der Waals surface area contributed by atoms with Gasteiger partial charge in [0.25, 0.3) is 5.91 Å². The van der Waals surface area contributed by atoms with E-state index in [0.717, 1.165) is 16.9 Å². The lowest BCUT2D eigenvalue weighted by atomic mass is 10.2. The molecule has 170 valence electrons. The Morgan fingerprint density at radius 3 is 2.76 bits per heavy atom. The summed E-state index contributed by atoms with van der Waals surface area (Å²) >= 11 is 6.18. The van der Waals surface area contributed by atoms with Crippen molar-refractivity contribution in [3.63, 3.8) is 0 Å². The highest BCUT2D eigenvalue weighted by Crippen LogP contribution is 2.31. The van der Waals surface area contributed by atoms with Gasteiger partial charge < -0.3 is 23.9 Å². The number of amides is 1. The maximum atomic E-state index is 12.7. The second kappa shape index (κ2) is 9.83. The zero-order chi connectivity index (χ0) is 23.4. The van der Waals surface area contributed by atoms with Gasteiger partial charge in [-0.2, -0.15) is 0 Å². The normalized spacial score (nSPS) is 11.8. The first kappa shape index (κ1) is 22.5. The summed E-state index contributed by atoms with van der Waals surface area (Å²) in [5.74, 6) is 1.19. The summed E-state index contributed by atoms with van der Waals surface area (Å²) in [6.45, 7) is 3.85. The fourth-order valence-electron chi connectivity index (χ4n) is 3.26. The van der Waals surface area contributed by atoms with Gasteiger partial charge >= 0.3 is 0 Å². The monoisotopic (exact) mass is 465 g/mol. The highest BCUT2D eigenvalue weighted by Gasteiger charge is 2.18. The molecule has 7 nitrogen and oxygen atoms in total. The molecule has 0 spiro atoms. The van der Waals surface area contributed by atoms with E-state index >= 15 is 0 Å². The van der Waals surface area contributed by atoms with Crippen LogP contribution in [-0.4, -0.2) is 28.5 Å². The molecule has 1 N–H and O–H groups in total. The van der Waals surface area contributed by atoms with E-state index in [4.69, 9.17) is 25.8 Å². The van der Waals surface area contributed by atoms with E-state index in [0.29, 0.717) is 28.0 Å². The first-order valence-electron chi connectivity index (χ1n) is 10.4. The number of carbonyl (C=O) groups is 1. The van der Waals surface area contributed by atoms with Crippen molar-refractivity contribution in [3.8, 4) is 17.2 Å². The quantitative estimate of drug-likeness (QED) is 0.382.